The number of halogens is 1. The molecule has 1 aliphatic heterocycles. The molecule has 1 aliphatic rings. The van der Waals surface area contributed by atoms with Crippen LogP contribution in [0.5, 0.6) is 0 Å². The molecule has 2 N–H and O–H groups in total. The van der Waals surface area contributed by atoms with E-state index in [1.54, 1.807) is 12.1 Å². The molecule has 3 heterocycles. The van der Waals surface area contributed by atoms with Crippen molar-refractivity contribution in [3.8, 4) is 0 Å². The van der Waals surface area contributed by atoms with Crippen molar-refractivity contribution in [1.29, 1.82) is 0 Å². The summed E-state index contributed by atoms with van der Waals surface area (Å²) in [5, 5.41) is 11.5. The van der Waals surface area contributed by atoms with Crippen LogP contribution in [0.25, 0.3) is 11.0 Å². The Balaban J connectivity index is 1.64. The molecule has 1 fully saturated rings. The van der Waals surface area contributed by atoms with E-state index in [0.29, 0.717) is 42.8 Å². The van der Waals surface area contributed by atoms with Gasteiger partial charge in [0.15, 0.2) is 11.5 Å². The van der Waals surface area contributed by atoms with Gasteiger partial charge in [-0.2, -0.15) is 5.10 Å². The average Bonchev–Trinajstić information content (AvgIpc) is 3.06. The number of rotatable bonds is 4. The predicted octanol–water partition coefficient (Wildman–Crippen LogP) is 2.93. The van der Waals surface area contributed by atoms with Crippen LogP contribution in [0.4, 0.5) is 5.82 Å². The molecule has 1 saturated heterocycles. The number of hydrogen-bond acceptors (Lipinski definition) is 5. The first-order chi connectivity index (χ1) is 13.1. The van der Waals surface area contributed by atoms with Gasteiger partial charge in [0.05, 0.1) is 18.6 Å². The Bertz CT molecular complexity index is 950. The van der Waals surface area contributed by atoms with Crippen LogP contribution in [0.1, 0.15) is 17.3 Å². The first kappa shape index (κ1) is 17.9. The largest absolute Gasteiger partial charge is 0.379 e. The highest BCUT2D eigenvalue weighted by atomic mass is 35.5. The third kappa shape index (κ3) is 3.80. The molecule has 0 bridgehead atoms. The van der Waals surface area contributed by atoms with Gasteiger partial charge in [-0.25, -0.2) is 4.98 Å². The fourth-order valence-electron chi connectivity index (χ4n) is 3.29. The number of pyridine rings is 1. The number of amides is 1. The zero-order chi connectivity index (χ0) is 18.8. The minimum atomic E-state index is -0.448. The smallest absolute Gasteiger partial charge is 0.247 e. The topological polar surface area (TPSA) is 83.1 Å². The van der Waals surface area contributed by atoms with Crippen LogP contribution in [0, 0.1) is 6.92 Å². The van der Waals surface area contributed by atoms with Crippen LogP contribution in [0.15, 0.2) is 36.4 Å². The Hall–Kier alpha value is -2.48. The number of nitrogens with one attached hydrogen (secondary N) is 2. The second-order valence-electron chi connectivity index (χ2n) is 6.51. The minimum Gasteiger partial charge on any atom is -0.379 e. The van der Waals surface area contributed by atoms with Crippen LogP contribution >= 0.6 is 11.6 Å². The first-order valence-corrected chi connectivity index (χ1v) is 9.19. The number of hydrogen-bond donors (Lipinski definition) is 2. The van der Waals surface area contributed by atoms with Crippen molar-refractivity contribution in [1.82, 2.24) is 20.1 Å². The van der Waals surface area contributed by atoms with E-state index >= 15 is 0 Å². The van der Waals surface area contributed by atoms with Crippen LogP contribution in [-0.4, -0.2) is 52.3 Å². The summed E-state index contributed by atoms with van der Waals surface area (Å²) >= 11 is 6.02. The number of ether oxygens (including phenoxy) is 1. The summed E-state index contributed by atoms with van der Waals surface area (Å²) in [4.78, 5) is 19.7. The highest BCUT2D eigenvalue weighted by Crippen LogP contribution is 2.26. The summed E-state index contributed by atoms with van der Waals surface area (Å²) in [6.07, 6.45) is 0. The SMILES string of the molecule is Cc1ccc2c(NC(=O)C(c3ccc(Cl)cc3)N3CCOCC3)n[nH]c2n1. The van der Waals surface area contributed by atoms with E-state index in [0.717, 1.165) is 16.6 Å². The zero-order valence-electron chi connectivity index (χ0n) is 14.9. The van der Waals surface area contributed by atoms with Crippen LogP contribution in [0.3, 0.4) is 0 Å². The molecule has 140 valence electrons. The van der Waals surface area contributed by atoms with Gasteiger partial charge in [0.2, 0.25) is 5.91 Å². The zero-order valence-corrected chi connectivity index (χ0v) is 15.7. The molecular weight excluding hydrogens is 366 g/mol. The molecule has 0 spiro atoms. The van der Waals surface area contributed by atoms with Crippen molar-refractivity contribution in [2.24, 2.45) is 0 Å². The van der Waals surface area contributed by atoms with E-state index < -0.39 is 6.04 Å². The van der Waals surface area contributed by atoms with Crippen LogP contribution < -0.4 is 5.32 Å². The third-order valence-electron chi connectivity index (χ3n) is 4.65. The van der Waals surface area contributed by atoms with Gasteiger partial charge in [-0.3, -0.25) is 14.8 Å². The number of aromatic nitrogens is 3. The molecule has 3 aromatic rings. The number of carbonyl (C=O) groups excluding carboxylic acids is 1. The lowest BCUT2D eigenvalue weighted by molar-refractivity contribution is -0.123. The summed E-state index contributed by atoms with van der Waals surface area (Å²) in [6, 6.07) is 10.7. The lowest BCUT2D eigenvalue weighted by Crippen LogP contribution is -2.43. The average molecular weight is 386 g/mol. The van der Waals surface area contributed by atoms with E-state index in [1.807, 2.05) is 31.2 Å². The summed E-state index contributed by atoms with van der Waals surface area (Å²) < 4.78 is 5.44. The molecule has 0 radical (unpaired) electrons. The van der Waals surface area contributed by atoms with Gasteiger partial charge in [0, 0.05) is 23.8 Å². The van der Waals surface area contributed by atoms with Crippen molar-refractivity contribution < 1.29 is 9.53 Å². The molecule has 27 heavy (non-hydrogen) atoms. The van der Waals surface area contributed by atoms with Gasteiger partial charge in [0.1, 0.15) is 6.04 Å². The first-order valence-electron chi connectivity index (χ1n) is 8.81. The maximum Gasteiger partial charge on any atom is 0.247 e. The highest BCUT2D eigenvalue weighted by molar-refractivity contribution is 6.30. The van der Waals surface area contributed by atoms with Crippen molar-refractivity contribution >= 4 is 34.4 Å². The number of anilines is 1. The Labute approximate surface area is 161 Å². The quantitative estimate of drug-likeness (QED) is 0.721. The normalized spacial score (nSPS) is 16.4. The minimum absolute atomic E-state index is 0.145. The Morgan fingerprint density at radius 2 is 1.96 bits per heavy atom. The number of morpholine rings is 1. The number of aromatic amines is 1. The van der Waals surface area contributed by atoms with E-state index in [4.69, 9.17) is 16.3 Å². The standard InChI is InChI=1S/C19H20ClN5O2/c1-12-2-7-15-17(21-12)23-24-18(15)22-19(26)16(25-8-10-27-11-9-25)13-3-5-14(20)6-4-13/h2-7,16H,8-11H2,1H3,(H2,21,22,23,24,26). The van der Waals surface area contributed by atoms with Crippen molar-refractivity contribution in [3.05, 3.63) is 52.7 Å². The Kier molecular flexibility index (Phi) is 5.07. The van der Waals surface area contributed by atoms with Gasteiger partial charge in [-0.05, 0) is 36.8 Å². The van der Waals surface area contributed by atoms with Gasteiger partial charge in [0.25, 0.3) is 0 Å². The fraction of sp³-hybridized carbons (Fsp3) is 0.316. The summed E-state index contributed by atoms with van der Waals surface area (Å²) in [7, 11) is 0. The van der Waals surface area contributed by atoms with Crippen molar-refractivity contribution in [2.75, 3.05) is 31.6 Å². The van der Waals surface area contributed by atoms with E-state index in [9.17, 15) is 4.79 Å². The maximum absolute atomic E-state index is 13.2. The second kappa shape index (κ2) is 7.64. The van der Waals surface area contributed by atoms with E-state index in [-0.39, 0.29) is 5.91 Å². The van der Waals surface area contributed by atoms with Gasteiger partial charge < -0.3 is 10.1 Å². The van der Waals surface area contributed by atoms with E-state index in [1.165, 1.54) is 0 Å². The number of nitrogens with zero attached hydrogens (tertiary/aromatic N) is 3. The number of H-pyrrole nitrogens is 1. The van der Waals surface area contributed by atoms with Gasteiger partial charge in [-0.15, -0.1) is 0 Å². The fourth-order valence-corrected chi connectivity index (χ4v) is 3.42. The summed E-state index contributed by atoms with van der Waals surface area (Å²) in [5.74, 6) is 0.336. The molecule has 1 amide bonds. The summed E-state index contributed by atoms with van der Waals surface area (Å²) in [5.41, 5.74) is 2.42. The monoisotopic (exact) mass is 385 g/mol. The molecule has 0 saturated carbocycles. The van der Waals surface area contributed by atoms with Gasteiger partial charge in [-0.1, -0.05) is 23.7 Å². The highest BCUT2D eigenvalue weighted by Gasteiger charge is 2.30. The predicted molar refractivity (Wildman–Crippen MR) is 104 cm³/mol. The number of benzene rings is 1. The lowest BCUT2D eigenvalue weighted by atomic mass is 10.0. The molecule has 1 unspecified atom stereocenters. The number of aryl methyl sites for hydroxylation is 1. The molecule has 4 rings (SSSR count). The van der Waals surface area contributed by atoms with E-state index in [2.05, 4.69) is 25.4 Å². The molecule has 2 aromatic heterocycles. The molecule has 8 heteroatoms. The van der Waals surface area contributed by atoms with Crippen LogP contribution in [-0.2, 0) is 9.53 Å². The number of fused-ring (bicyclic) bond motifs is 1. The summed E-state index contributed by atoms with van der Waals surface area (Å²) in [6.45, 7) is 4.48. The molecular formula is C19H20ClN5O2. The molecule has 1 aromatic carbocycles. The molecule has 1 atom stereocenters. The van der Waals surface area contributed by atoms with Crippen LogP contribution in [0.2, 0.25) is 5.02 Å². The van der Waals surface area contributed by atoms with Crippen molar-refractivity contribution in [2.45, 2.75) is 13.0 Å². The molecule has 0 aliphatic carbocycles. The third-order valence-corrected chi connectivity index (χ3v) is 4.90. The maximum atomic E-state index is 13.2. The Morgan fingerprint density at radius 3 is 2.70 bits per heavy atom. The number of carbonyl (C=O) groups is 1. The Morgan fingerprint density at radius 1 is 1.22 bits per heavy atom. The second-order valence-corrected chi connectivity index (χ2v) is 6.95. The van der Waals surface area contributed by atoms with Crippen molar-refractivity contribution in [3.63, 3.8) is 0 Å². The lowest BCUT2D eigenvalue weighted by Gasteiger charge is -2.33. The van der Waals surface area contributed by atoms with Gasteiger partial charge >= 0.3 is 0 Å². The molecule has 7 nitrogen and oxygen atoms in total.